The number of benzene rings is 1. The molecule has 0 aliphatic carbocycles. The number of nitrogens with zero attached hydrogens (tertiary/aromatic N) is 2. The normalized spacial score (nSPS) is 14.3. The van der Waals surface area contributed by atoms with Crippen LogP contribution in [0.4, 0.5) is 5.00 Å². The molecule has 2 heterocycles. The van der Waals surface area contributed by atoms with Crippen molar-refractivity contribution >= 4 is 38.2 Å². The number of rotatable bonds is 11. The smallest absolute Gasteiger partial charge is 0.341 e. The number of anilines is 1. The highest BCUT2D eigenvalue weighted by Crippen LogP contribution is 2.38. The van der Waals surface area contributed by atoms with Crippen LogP contribution in [0.3, 0.4) is 0 Å². The molecule has 0 saturated heterocycles. The molecule has 1 aliphatic rings. The van der Waals surface area contributed by atoms with Crippen LogP contribution < -0.4 is 5.32 Å². The first-order valence-corrected chi connectivity index (χ1v) is 15.1. The number of ether oxygens (including phenoxy) is 1. The number of hydrogen-bond donors (Lipinski definition) is 1. The second kappa shape index (κ2) is 12.5. The Balaban J connectivity index is 1.83. The lowest BCUT2D eigenvalue weighted by Crippen LogP contribution is -2.37. The van der Waals surface area contributed by atoms with Gasteiger partial charge in [0.15, 0.2) is 0 Å². The number of carbonyl (C=O) groups is 2. The molecule has 8 nitrogen and oxygen atoms in total. The Morgan fingerprint density at radius 2 is 1.73 bits per heavy atom. The summed E-state index contributed by atoms with van der Waals surface area (Å²) in [5, 5.41) is 3.35. The molecule has 1 aromatic carbocycles. The first-order valence-electron chi connectivity index (χ1n) is 12.8. The minimum atomic E-state index is -3.69. The molecule has 0 fully saturated rings. The fourth-order valence-corrected chi connectivity index (χ4v) is 7.60. The number of sulfonamides is 1. The van der Waals surface area contributed by atoms with Gasteiger partial charge in [0.05, 0.1) is 17.6 Å². The molecule has 1 aromatic heterocycles. The van der Waals surface area contributed by atoms with Crippen LogP contribution in [0.2, 0.25) is 0 Å². The van der Waals surface area contributed by atoms with Crippen molar-refractivity contribution in [2.24, 2.45) is 11.8 Å². The SMILES string of the molecule is CCCN1CCc2c(sc(NC(=O)c3ccc(S(=O)(=O)N(CC(C)C)CC(C)C)cc3)c2C(=O)OC)C1. The Hall–Kier alpha value is -2.27. The summed E-state index contributed by atoms with van der Waals surface area (Å²) in [5.41, 5.74) is 1.67. The van der Waals surface area contributed by atoms with E-state index in [0.29, 0.717) is 29.2 Å². The molecule has 37 heavy (non-hydrogen) atoms. The summed E-state index contributed by atoms with van der Waals surface area (Å²) < 4.78 is 33.1. The molecule has 3 rings (SSSR count). The molecule has 0 unspecified atom stereocenters. The van der Waals surface area contributed by atoms with Gasteiger partial charge in [-0.25, -0.2) is 13.2 Å². The number of fused-ring (bicyclic) bond motifs is 1. The third-order valence-corrected chi connectivity index (χ3v) is 9.16. The third-order valence-electron chi connectivity index (χ3n) is 6.18. The Kier molecular flexibility index (Phi) is 9.91. The summed E-state index contributed by atoms with van der Waals surface area (Å²) in [6, 6.07) is 5.97. The van der Waals surface area contributed by atoms with Crippen LogP contribution in [0.5, 0.6) is 0 Å². The summed E-state index contributed by atoms with van der Waals surface area (Å²) in [4.78, 5) is 29.3. The second-order valence-corrected chi connectivity index (χ2v) is 13.4. The number of thiophene rings is 1. The molecular weight excluding hydrogens is 510 g/mol. The van der Waals surface area contributed by atoms with Crippen molar-refractivity contribution in [1.82, 2.24) is 9.21 Å². The lowest BCUT2D eigenvalue weighted by Gasteiger charge is -2.26. The standard InChI is InChI=1S/C27H39N3O5S2/c1-7-13-29-14-12-22-23(17-29)36-26(24(22)27(32)35-6)28-25(31)20-8-10-21(11-9-20)37(33,34)30(15-18(2)3)16-19(4)5/h8-11,18-19H,7,12-17H2,1-6H3,(H,28,31). The van der Waals surface area contributed by atoms with Crippen LogP contribution in [0, 0.1) is 11.8 Å². The predicted molar refractivity (Wildman–Crippen MR) is 148 cm³/mol. The fourth-order valence-electron chi connectivity index (χ4n) is 4.56. The highest BCUT2D eigenvalue weighted by atomic mass is 32.2. The van der Waals surface area contributed by atoms with E-state index in [2.05, 4.69) is 17.1 Å². The van der Waals surface area contributed by atoms with Gasteiger partial charge in [-0.2, -0.15) is 4.31 Å². The highest BCUT2D eigenvalue weighted by Gasteiger charge is 2.30. The van der Waals surface area contributed by atoms with E-state index in [-0.39, 0.29) is 16.7 Å². The average Bonchev–Trinajstić information content (AvgIpc) is 3.19. The summed E-state index contributed by atoms with van der Waals surface area (Å²) >= 11 is 1.40. The van der Waals surface area contributed by atoms with Gasteiger partial charge >= 0.3 is 5.97 Å². The van der Waals surface area contributed by atoms with Gasteiger partial charge in [-0.05, 0) is 61.1 Å². The van der Waals surface area contributed by atoms with E-state index < -0.39 is 21.9 Å². The van der Waals surface area contributed by atoms with Gasteiger partial charge in [0.25, 0.3) is 5.91 Å². The van der Waals surface area contributed by atoms with E-state index in [9.17, 15) is 18.0 Å². The van der Waals surface area contributed by atoms with Crippen LogP contribution in [0.15, 0.2) is 29.2 Å². The predicted octanol–water partition coefficient (Wildman–Crippen LogP) is 4.86. The average molecular weight is 550 g/mol. The number of nitrogens with one attached hydrogen (secondary N) is 1. The molecule has 10 heteroatoms. The maximum absolute atomic E-state index is 13.3. The van der Waals surface area contributed by atoms with Crippen molar-refractivity contribution in [1.29, 1.82) is 0 Å². The van der Waals surface area contributed by atoms with E-state index in [1.807, 2.05) is 27.7 Å². The summed E-state index contributed by atoms with van der Waals surface area (Å²) in [5.74, 6) is -0.491. The van der Waals surface area contributed by atoms with Crippen LogP contribution in [-0.2, 0) is 27.7 Å². The number of carbonyl (C=O) groups excluding carboxylic acids is 2. The molecular formula is C27H39N3O5S2. The van der Waals surface area contributed by atoms with E-state index in [1.165, 1.54) is 47.0 Å². The minimum Gasteiger partial charge on any atom is -0.465 e. The molecule has 1 amide bonds. The zero-order chi connectivity index (χ0) is 27.3. The van der Waals surface area contributed by atoms with Crippen LogP contribution >= 0.6 is 11.3 Å². The van der Waals surface area contributed by atoms with Gasteiger partial charge in [0.2, 0.25) is 10.0 Å². The number of hydrogen-bond acceptors (Lipinski definition) is 7. The van der Waals surface area contributed by atoms with Crippen molar-refractivity contribution < 1.29 is 22.7 Å². The lowest BCUT2D eigenvalue weighted by atomic mass is 10.0. The summed E-state index contributed by atoms with van der Waals surface area (Å²) in [7, 11) is -2.35. The molecule has 0 bridgehead atoms. The maximum Gasteiger partial charge on any atom is 0.341 e. The molecule has 2 aromatic rings. The van der Waals surface area contributed by atoms with E-state index in [4.69, 9.17) is 4.74 Å². The Morgan fingerprint density at radius 1 is 1.11 bits per heavy atom. The first-order chi connectivity index (χ1) is 17.5. The summed E-state index contributed by atoms with van der Waals surface area (Å²) in [6.07, 6.45) is 1.77. The molecule has 204 valence electrons. The quantitative estimate of drug-likeness (QED) is 0.402. The zero-order valence-corrected chi connectivity index (χ0v) is 24.3. The van der Waals surface area contributed by atoms with Gasteiger partial charge in [-0.3, -0.25) is 9.69 Å². The second-order valence-electron chi connectivity index (χ2n) is 10.3. The highest BCUT2D eigenvalue weighted by molar-refractivity contribution is 7.89. The molecule has 1 N–H and O–H groups in total. The maximum atomic E-state index is 13.3. The van der Waals surface area contributed by atoms with Crippen LogP contribution in [0.1, 0.15) is 72.2 Å². The van der Waals surface area contributed by atoms with Crippen LogP contribution in [-0.4, -0.2) is 62.8 Å². The van der Waals surface area contributed by atoms with Crippen molar-refractivity contribution in [3.8, 4) is 0 Å². The van der Waals surface area contributed by atoms with Crippen molar-refractivity contribution in [3.63, 3.8) is 0 Å². The molecule has 0 radical (unpaired) electrons. The molecule has 0 saturated carbocycles. The molecule has 1 aliphatic heterocycles. The number of esters is 1. The van der Waals surface area contributed by atoms with Crippen LogP contribution in [0.25, 0.3) is 0 Å². The zero-order valence-electron chi connectivity index (χ0n) is 22.7. The third kappa shape index (κ3) is 6.98. The van der Waals surface area contributed by atoms with Gasteiger partial charge in [0, 0.05) is 36.6 Å². The van der Waals surface area contributed by atoms with Gasteiger partial charge in [-0.1, -0.05) is 34.6 Å². The molecule has 0 spiro atoms. The van der Waals surface area contributed by atoms with Gasteiger partial charge in [-0.15, -0.1) is 11.3 Å². The Labute approximate surface area is 225 Å². The Morgan fingerprint density at radius 3 is 2.27 bits per heavy atom. The van der Waals surface area contributed by atoms with E-state index >= 15 is 0 Å². The summed E-state index contributed by atoms with van der Waals surface area (Å²) in [6.45, 7) is 13.5. The van der Waals surface area contributed by atoms with Gasteiger partial charge < -0.3 is 10.1 Å². The lowest BCUT2D eigenvalue weighted by molar-refractivity contribution is 0.0600. The van der Waals surface area contributed by atoms with Crippen molar-refractivity contribution in [3.05, 3.63) is 45.8 Å². The van der Waals surface area contributed by atoms with Crippen molar-refractivity contribution in [2.75, 3.05) is 38.6 Å². The largest absolute Gasteiger partial charge is 0.465 e. The Bertz CT molecular complexity index is 1190. The van der Waals surface area contributed by atoms with E-state index in [0.717, 1.165) is 42.9 Å². The van der Waals surface area contributed by atoms with E-state index in [1.54, 1.807) is 0 Å². The topological polar surface area (TPSA) is 96.0 Å². The molecule has 0 atom stereocenters. The monoisotopic (exact) mass is 549 g/mol. The van der Waals surface area contributed by atoms with Gasteiger partial charge in [0.1, 0.15) is 5.00 Å². The minimum absolute atomic E-state index is 0.156. The number of methoxy groups -OCH3 is 1. The van der Waals surface area contributed by atoms with Crippen molar-refractivity contribution in [2.45, 2.75) is 58.9 Å². The number of amides is 1. The first kappa shape index (κ1) is 29.3. The fraction of sp³-hybridized carbons (Fsp3) is 0.556.